The SMILES string of the molecule is CN(C)C1CCN(c2ccc(-n3ccc(/C=C/c4ccc(F)cc4)cc3=O)cc2)C1. The maximum atomic E-state index is 13.0. The van der Waals surface area contributed by atoms with Gasteiger partial charge in [0.05, 0.1) is 0 Å². The van der Waals surface area contributed by atoms with E-state index in [0.717, 1.165) is 29.9 Å². The molecule has 2 heterocycles. The van der Waals surface area contributed by atoms with Crippen LogP contribution in [0.15, 0.2) is 71.7 Å². The maximum Gasteiger partial charge on any atom is 0.255 e. The molecular weight excluding hydrogens is 377 g/mol. The first-order chi connectivity index (χ1) is 14.5. The molecule has 0 aliphatic carbocycles. The van der Waals surface area contributed by atoms with E-state index in [0.29, 0.717) is 6.04 Å². The average Bonchev–Trinajstić information content (AvgIpc) is 3.24. The summed E-state index contributed by atoms with van der Waals surface area (Å²) in [6, 6.07) is 18.5. The van der Waals surface area contributed by atoms with Crippen molar-refractivity contribution >= 4 is 17.8 Å². The second kappa shape index (κ2) is 8.67. The Balaban J connectivity index is 1.48. The van der Waals surface area contributed by atoms with Crippen molar-refractivity contribution in [2.45, 2.75) is 12.5 Å². The van der Waals surface area contributed by atoms with Gasteiger partial charge < -0.3 is 9.80 Å². The van der Waals surface area contributed by atoms with Crippen LogP contribution in [-0.2, 0) is 0 Å². The third kappa shape index (κ3) is 4.52. The lowest BCUT2D eigenvalue weighted by Gasteiger charge is -2.22. The van der Waals surface area contributed by atoms with Gasteiger partial charge >= 0.3 is 0 Å². The summed E-state index contributed by atoms with van der Waals surface area (Å²) >= 11 is 0. The van der Waals surface area contributed by atoms with Gasteiger partial charge in [-0.3, -0.25) is 9.36 Å². The largest absolute Gasteiger partial charge is 0.370 e. The number of pyridine rings is 1. The fourth-order valence-corrected chi connectivity index (χ4v) is 3.80. The minimum Gasteiger partial charge on any atom is -0.370 e. The van der Waals surface area contributed by atoms with Gasteiger partial charge in [-0.25, -0.2) is 4.39 Å². The van der Waals surface area contributed by atoms with Crippen LogP contribution in [0.5, 0.6) is 0 Å². The lowest BCUT2D eigenvalue weighted by molar-refractivity contribution is 0.315. The van der Waals surface area contributed by atoms with Gasteiger partial charge in [-0.15, -0.1) is 0 Å². The zero-order valence-electron chi connectivity index (χ0n) is 17.3. The highest BCUT2D eigenvalue weighted by Gasteiger charge is 2.23. The van der Waals surface area contributed by atoms with Gasteiger partial charge in [0.1, 0.15) is 5.82 Å². The summed E-state index contributed by atoms with van der Waals surface area (Å²) in [6.07, 6.45) is 6.68. The standard InChI is InChI=1S/C25H26FN3O/c1-27(2)24-14-15-28(18-24)22-9-11-23(12-10-22)29-16-13-20(17-25(29)30)4-3-19-5-7-21(26)8-6-19/h3-13,16-17,24H,14-15,18H2,1-2H3/b4-3+. The quantitative estimate of drug-likeness (QED) is 0.636. The molecule has 0 N–H and O–H groups in total. The zero-order chi connectivity index (χ0) is 21.1. The van der Waals surface area contributed by atoms with E-state index in [1.54, 1.807) is 29.0 Å². The van der Waals surface area contributed by atoms with Crippen LogP contribution in [-0.4, -0.2) is 42.7 Å². The first-order valence-electron chi connectivity index (χ1n) is 10.2. The molecule has 5 heteroatoms. The smallest absolute Gasteiger partial charge is 0.255 e. The van der Waals surface area contributed by atoms with E-state index in [1.165, 1.54) is 24.2 Å². The number of likely N-dealkylation sites (N-methyl/N-ethyl adjacent to an activating group) is 1. The molecule has 30 heavy (non-hydrogen) atoms. The Morgan fingerprint density at radius 3 is 2.23 bits per heavy atom. The Morgan fingerprint density at radius 1 is 0.933 bits per heavy atom. The average molecular weight is 404 g/mol. The van der Waals surface area contributed by atoms with Crippen LogP contribution in [0.1, 0.15) is 17.5 Å². The first kappa shape index (κ1) is 20.1. The number of hydrogen-bond donors (Lipinski definition) is 0. The number of benzene rings is 2. The summed E-state index contributed by atoms with van der Waals surface area (Å²) < 4.78 is 14.6. The summed E-state index contributed by atoms with van der Waals surface area (Å²) in [7, 11) is 4.25. The molecule has 1 saturated heterocycles. The molecule has 1 aliphatic heterocycles. The normalized spacial score (nSPS) is 16.7. The third-order valence-electron chi connectivity index (χ3n) is 5.67. The number of nitrogens with zero attached hydrogens (tertiary/aromatic N) is 3. The van der Waals surface area contributed by atoms with Crippen molar-refractivity contribution in [2.24, 2.45) is 0 Å². The second-order valence-corrected chi connectivity index (χ2v) is 7.92. The molecule has 154 valence electrons. The highest BCUT2D eigenvalue weighted by atomic mass is 19.1. The van der Waals surface area contributed by atoms with Gasteiger partial charge in [0, 0.05) is 42.8 Å². The second-order valence-electron chi connectivity index (χ2n) is 7.92. The summed E-state index contributed by atoms with van der Waals surface area (Å²) in [5.74, 6) is -0.261. The van der Waals surface area contributed by atoms with Crippen LogP contribution >= 0.6 is 0 Å². The monoisotopic (exact) mass is 403 g/mol. The molecule has 1 fully saturated rings. The van der Waals surface area contributed by atoms with Crippen LogP contribution in [0, 0.1) is 5.82 Å². The Bertz CT molecular complexity index is 1080. The number of hydrogen-bond acceptors (Lipinski definition) is 3. The van der Waals surface area contributed by atoms with Crippen molar-refractivity contribution in [2.75, 3.05) is 32.1 Å². The predicted molar refractivity (Wildman–Crippen MR) is 122 cm³/mol. The van der Waals surface area contributed by atoms with E-state index in [2.05, 4.69) is 36.0 Å². The number of anilines is 1. The van der Waals surface area contributed by atoms with Gasteiger partial charge in [0.2, 0.25) is 0 Å². The minimum absolute atomic E-state index is 0.0853. The van der Waals surface area contributed by atoms with Gasteiger partial charge in [-0.1, -0.05) is 24.3 Å². The lowest BCUT2D eigenvalue weighted by Crippen LogP contribution is -2.31. The highest BCUT2D eigenvalue weighted by Crippen LogP contribution is 2.23. The molecule has 0 bridgehead atoms. The fourth-order valence-electron chi connectivity index (χ4n) is 3.80. The van der Waals surface area contributed by atoms with Crippen LogP contribution < -0.4 is 10.5 Å². The minimum atomic E-state index is -0.261. The topological polar surface area (TPSA) is 28.5 Å². The van der Waals surface area contributed by atoms with E-state index in [4.69, 9.17) is 0 Å². The molecule has 1 atom stereocenters. The van der Waals surface area contributed by atoms with Gasteiger partial charge in [0.15, 0.2) is 0 Å². The molecule has 1 aliphatic rings. The summed E-state index contributed by atoms with van der Waals surface area (Å²) in [4.78, 5) is 17.3. The Kier molecular flexibility index (Phi) is 5.81. The van der Waals surface area contributed by atoms with Gasteiger partial charge in [-0.05, 0) is 74.1 Å². The third-order valence-corrected chi connectivity index (χ3v) is 5.67. The Labute approximate surface area is 176 Å². The zero-order valence-corrected chi connectivity index (χ0v) is 17.3. The Hall–Kier alpha value is -3.18. The molecule has 1 aromatic heterocycles. The van der Waals surface area contributed by atoms with E-state index >= 15 is 0 Å². The first-order valence-corrected chi connectivity index (χ1v) is 10.2. The van der Waals surface area contributed by atoms with Crippen molar-refractivity contribution in [3.8, 4) is 5.69 Å². The van der Waals surface area contributed by atoms with Gasteiger partial charge in [-0.2, -0.15) is 0 Å². The number of halogens is 1. The van der Waals surface area contributed by atoms with Crippen molar-refractivity contribution in [1.82, 2.24) is 9.47 Å². The number of aromatic nitrogens is 1. The fraction of sp³-hybridized carbons (Fsp3) is 0.240. The molecule has 0 radical (unpaired) electrons. The molecule has 4 nitrogen and oxygen atoms in total. The van der Waals surface area contributed by atoms with E-state index in [1.807, 2.05) is 30.4 Å². The summed E-state index contributed by atoms with van der Waals surface area (Å²) in [5, 5.41) is 0. The van der Waals surface area contributed by atoms with Crippen molar-refractivity contribution in [3.05, 3.63) is 94.2 Å². The Morgan fingerprint density at radius 2 is 1.60 bits per heavy atom. The van der Waals surface area contributed by atoms with Crippen LogP contribution in [0.2, 0.25) is 0 Å². The van der Waals surface area contributed by atoms with Gasteiger partial charge in [0.25, 0.3) is 5.56 Å². The van der Waals surface area contributed by atoms with E-state index < -0.39 is 0 Å². The number of rotatable bonds is 5. The highest BCUT2D eigenvalue weighted by molar-refractivity contribution is 5.69. The van der Waals surface area contributed by atoms with Crippen molar-refractivity contribution < 1.29 is 4.39 Å². The molecule has 0 amide bonds. The molecule has 0 saturated carbocycles. The van der Waals surface area contributed by atoms with Crippen LogP contribution in [0.25, 0.3) is 17.8 Å². The van der Waals surface area contributed by atoms with E-state index in [9.17, 15) is 9.18 Å². The molecule has 3 aromatic rings. The molecule has 4 rings (SSSR count). The maximum absolute atomic E-state index is 13.0. The van der Waals surface area contributed by atoms with Crippen molar-refractivity contribution in [3.63, 3.8) is 0 Å². The molecule has 0 spiro atoms. The van der Waals surface area contributed by atoms with Crippen LogP contribution in [0.3, 0.4) is 0 Å². The molecule has 2 aromatic carbocycles. The van der Waals surface area contributed by atoms with Crippen LogP contribution in [0.4, 0.5) is 10.1 Å². The lowest BCUT2D eigenvalue weighted by atomic mass is 10.1. The summed E-state index contributed by atoms with van der Waals surface area (Å²) in [6.45, 7) is 2.08. The van der Waals surface area contributed by atoms with Crippen molar-refractivity contribution in [1.29, 1.82) is 0 Å². The molecule has 1 unspecified atom stereocenters. The van der Waals surface area contributed by atoms with E-state index in [-0.39, 0.29) is 11.4 Å². The summed E-state index contributed by atoms with van der Waals surface area (Å²) in [5.41, 5.74) is 3.65. The molecular formula is C25H26FN3O. The predicted octanol–water partition coefficient (Wildman–Crippen LogP) is 4.29.